The van der Waals surface area contributed by atoms with Crippen LogP contribution in [0.5, 0.6) is 0 Å². The zero-order chi connectivity index (χ0) is 19.4. The monoisotopic (exact) mass is 391 g/mol. The average molecular weight is 391 g/mol. The molecule has 2 heterocycles. The number of hydrogen-bond donors (Lipinski definition) is 2. The van der Waals surface area contributed by atoms with Crippen molar-refractivity contribution >= 4 is 21.6 Å². The van der Waals surface area contributed by atoms with E-state index in [0.717, 1.165) is 18.7 Å². The van der Waals surface area contributed by atoms with Crippen molar-refractivity contribution in [2.45, 2.75) is 31.3 Å². The van der Waals surface area contributed by atoms with Crippen molar-refractivity contribution in [2.75, 3.05) is 24.5 Å². The fraction of sp³-hybridized carbons (Fsp3) is 0.444. The number of carbonyl (C=O) groups is 1. The van der Waals surface area contributed by atoms with Gasteiger partial charge in [0.2, 0.25) is 5.91 Å². The van der Waals surface area contributed by atoms with Gasteiger partial charge in [-0.1, -0.05) is 12.1 Å². The van der Waals surface area contributed by atoms with Crippen molar-refractivity contribution < 1.29 is 13.2 Å². The average Bonchev–Trinajstić information content (AvgIpc) is 3.30. The molecule has 0 saturated carbocycles. The molecule has 0 atom stereocenters. The number of hydrogen-bond acceptors (Lipinski definition) is 5. The van der Waals surface area contributed by atoms with Crippen molar-refractivity contribution in [2.24, 2.45) is 7.05 Å². The van der Waals surface area contributed by atoms with Gasteiger partial charge in [0, 0.05) is 38.6 Å². The maximum Gasteiger partial charge on any atom is 0.260 e. The number of imidazole rings is 1. The topological polar surface area (TPSA) is 96.3 Å². The second-order valence-electron chi connectivity index (χ2n) is 6.70. The summed E-state index contributed by atoms with van der Waals surface area (Å²) in [4.78, 5) is 18.3. The van der Waals surface area contributed by atoms with Gasteiger partial charge in [0.05, 0.1) is 6.54 Å². The molecule has 1 saturated heterocycles. The van der Waals surface area contributed by atoms with Crippen LogP contribution < -0.4 is 14.9 Å². The first-order valence-electron chi connectivity index (χ1n) is 8.95. The molecule has 1 aliphatic rings. The van der Waals surface area contributed by atoms with E-state index in [1.165, 1.54) is 24.7 Å². The minimum absolute atomic E-state index is 0.0900. The molecule has 2 aromatic rings. The van der Waals surface area contributed by atoms with E-state index in [0.29, 0.717) is 12.4 Å². The fourth-order valence-corrected chi connectivity index (χ4v) is 3.97. The van der Waals surface area contributed by atoms with Gasteiger partial charge >= 0.3 is 0 Å². The first kappa shape index (κ1) is 19.4. The fourth-order valence-electron chi connectivity index (χ4n) is 2.95. The Morgan fingerprint density at radius 1 is 1.19 bits per heavy atom. The molecule has 1 aromatic carbocycles. The summed E-state index contributed by atoms with van der Waals surface area (Å²) in [6.07, 6.45) is 3.87. The zero-order valence-corrected chi connectivity index (χ0v) is 16.4. The maximum atomic E-state index is 12.2. The van der Waals surface area contributed by atoms with Crippen LogP contribution in [0.25, 0.3) is 0 Å². The molecule has 146 valence electrons. The minimum Gasteiger partial charge on any atom is -0.372 e. The summed E-state index contributed by atoms with van der Waals surface area (Å²) in [5, 5.41) is 2.63. The van der Waals surface area contributed by atoms with E-state index in [2.05, 4.69) is 32.1 Å². The van der Waals surface area contributed by atoms with E-state index in [9.17, 15) is 13.2 Å². The highest BCUT2D eigenvalue weighted by atomic mass is 32.2. The molecule has 9 heteroatoms. The second-order valence-corrected chi connectivity index (χ2v) is 8.41. The molecule has 0 unspecified atom stereocenters. The Labute approximate surface area is 159 Å². The van der Waals surface area contributed by atoms with Crippen LogP contribution in [-0.4, -0.2) is 43.5 Å². The predicted octanol–water partition coefficient (Wildman–Crippen LogP) is 0.923. The third-order valence-corrected chi connectivity index (χ3v) is 5.95. The van der Waals surface area contributed by atoms with E-state index in [4.69, 9.17) is 0 Å². The summed E-state index contributed by atoms with van der Waals surface area (Å²) in [6.45, 7) is 3.91. The number of aryl methyl sites for hydroxylation is 2. The van der Waals surface area contributed by atoms with E-state index in [-0.39, 0.29) is 11.6 Å². The number of sulfonamides is 1. The number of nitrogens with one attached hydrogen (secondary N) is 2. The lowest BCUT2D eigenvalue weighted by Crippen LogP contribution is -2.36. The summed E-state index contributed by atoms with van der Waals surface area (Å²) in [5.41, 5.74) is 2.16. The highest BCUT2D eigenvalue weighted by Crippen LogP contribution is 2.20. The smallest absolute Gasteiger partial charge is 0.260 e. The van der Waals surface area contributed by atoms with Gasteiger partial charge in [-0.2, -0.15) is 0 Å². The van der Waals surface area contributed by atoms with Crippen LogP contribution in [0.1, 0.15) is 24.2 Å². The van der Waals surface area contributed by atoms with Gasteiger partial charge in [0.15, 0.2) is 5.03 Å². The summed E-state index contributed by atoms with van der Waals surface area (Å²) in [5.74, 6) is 0.187. The number of nitrogens with zero attached hydrogens (tertiary/aromatic N) is 3. The Kier molecular flexibility index (Phi) is 5.81. The summed E-state index contributed by atoms with van der Waals surface area (Å²) in [7, 11) is -2.09. The molecule has 8 nitrogen and oxygen atoms in total. The molecule has 0 aliphatic carbocycles. The number of amides is 1. The largest absolute Gasteiger partial charge is 0.372 e. The van der Waals surface area contributed by atoms with Gasteiger partial charge in [-0.25, -0.2) is 18.1 Å². The first-order valence-corrected chi connectivity index (χ1v) is 10.4. The molecule has 0 radical (unpaired) electrons. The molecular weight excluding hydrogens is 366 g/mol. The Balaban J connectivity index is 1.48. The lowest BCUT2D eigenvalue weighted by molar-refractivity contribution is -0.120. The summed E-state index contributed by atoms with van der Waals surface area (Å²) >= 11 is 0. The molecule has 1 amide bonds. The second kappa shape index (κ2) is 8.10. The maximum absolute atomic E-state index is 12.2. The molecular formula is C18H25N5O3S. The van der Waals surface area contributed by atoms with Crippen LogP contribution in [0, 0.1) is 6.92 Å². The van der Waals surface area contributed by atoms with Crippen LogP contribution in [0.4, 0.5) is 5.69 Å². The molecule has 3 rings (SSSR count). The normalized spacial score (nSPS) is 14.5. The molecule has 2 N–H and O–H groups in total. The van der Waals surface area contributed by atoms with Gasteiger partial charge in [0.1, 0.15) is 5.82 Å². The van der Waals surface area contributed by atoms with Crippen LogP contribution >= 0.6 is 0 Å². The van der Waals surface area contributed by atoms with Crippen LogP contribution in [0.2, 0.25) is 0 Å². The van der Waals surface area contributed by atoms with Crippen molar-refractivity contribution in [1.82, 2.24) is 19.6 Å². The minimum atomic E-state index is -3.80. The van der Waals surface area contributed by atoms with E-state index < -0.39 is 15.9 Å². The molecule has 0 spiro atoms. The Bertz CT molecular complexity index is 880. The number of anilines is 1. The number of benzene rings is 1. The van der Waals surface area contributed by atoms with Crippen molar-refractivity contribution in [3.8, 4) is 0 Å². The molecule has 27 heavy (non-hydrogen) atoms. The van der Waals surface area contributed by atoms with E-state index in [1.54, 1.807) is 18.5 Å². The Morgan fingerprint density at radius 3 is 2.44 bits per heavy atom. The third kappa shape index (κ3) is 4.86. The summed E-state index contributed by atoms with van der Waals surface area (Å²) in [6, 6.07) is 8.07. The lowest BCUT2D eigenvalue weighted by atomic mass is 10.2. The number of aromatic nitrogens is 2. The highest BCUT2D eigenvalue weighted by molar-refractivity contribution is 7.89. The first-order chi connectivity index (χ1) is 12.8. The van der Waals surface area contributed by atoms with Gasteiger partial charge in [0.25, 0.3) is 10.0 Å². The van der Waals surface area contributed by atoms with E-state index >= 15 is 0 Å². The van der Waals surface area contributed by atoms with Crippen molar-refractivity contribution in [1.29, 1.82) is 0 Å². The molecule has 1 fully saturated rings. The van der Waals surface area contributed by atoms with Crippen molar-refractivity contribution in [3.05, 3.63) is 41.9 Å². The van der Waals surface area contributed by atoms with Crippen LogP contribution in [0.3, 0.4) is 0 Å². The van der Waals surface area contributed by atoms with E-state index in [1.807, 2.05) is 12.1 Å². The van der Waals surface area contributed by atoms with Gasteiger partial charge in [-0.15, -0.1) is 0 Å². The Morgan fingerprint density at radius 2 is 1.85 bits per heavy atom. The van der Waals surface area contributed by atoms with Crippen LogP contribution in [0.15, 0.2) is 35.5 Å². The number of carbonyl (C=O) groups excluding carboxylic acids is 1. The quantitative estimate of drug-likeness (QED) is 0.732. The predicted molar refractivity (Wildman–Crippen MR) is 103 cm³/mol. The molecule has 1 aromatic heterocycles. The summed E-state index contributed by atoms with van der Waals surface area (Å²) < 4.78 is 28.2. The third-order valence-electron chi connectivity index (χ3n) is 4.68. The highest BCUT2D eigenvalue weighted by Gasteiger charge is 2.19. The standard InChI is InChI=1S/C18H25N5O3S/c1-14-21-18(13-22(14)2)27(25,26)20-12-17(24)19-11-15-5-7-16(8-6-15)23-9-3-4-10-23/h5-8,13,20H,3-4,9-12H2,1-2H3,(H,19,24). The molecule has 1 aliphatic heterocycles. The van der Waals surface area contributed by atoms with Crippen LogP contribution in [-0.2, 0) is 28.4 Å². The van der Waals surface area contributed by atoms with Gasteiger partial charge < -0.3 is 14.8 Å². The van der Waals surface area contributed by atoms with Gasteiger partial charge in [-0.3, -0.25) is 4.79 Å². The number of rotatable bonds is 7. The molecule has 0 bridgehead atoms. The zero-order valence-electron chi connectivity index (χ0n) is 15.6. The Hall–Kier alpha value is -2.39. The van der Waals surface area contributed by atoms with Gasteiger partial charge in [-0.05, 0) is 37.5 Å². The van der Waals surface area contributed by atoms with Crippen molar-refractivity contribution in [3.63, 3.8) is 0 Å². The SMILES string of the molecule is Cc1nc(S(=O)(=O)NCC(=O)NCc2ccc(N3CCCC3)cc2)cn1C. The lowest BCUT2D eigenvalue weighted by Gasteiger charge is -2.17.